The Balaban J connectivity index is 1.58. The topological polar surface area (TPSA) is 97.3 Å². The van der Waals surface area contributed by atoms with Gasteiger partial charge in [0.2, 0.25) is 0 Å². The molecule has 7 nitrogen and oxygen atoms in total. The van der Waals surface area contributed by atoms with Crippen molar-refractivity contribution in [3.63, 3.8) is 0 Å². The number of anilines is 2. The predicted molar refractivity (Wildman–Crippen MR) is 109 cm³/mol. The molecule has 2 atom stereocenters. The summed E-state index contributed by atoms with van der Waals surface area (Å²) in [5.74, 6) is -2.92. The third kappa shape index (κ3) is 3.95. The number of hydrogen-bond donors (Lipinski definition) is 3. The van der Waals surface area contributed by atoms with Crippen LogP contribution in [0.3, 0.4) is 0 Å². The van der Waals surface area contributed by atoms with Gasteiger partial charge in [-0.05, 0) is 47.0 Å². The smallest absolute Gasteiger partial charge is 0.264 e. The maximum Gasteiger partial charge on any atom is 0.264 e. The lowest BCUT2D eigenvalue weighted by Crippen LogP contribution is -2.55. The number of nitrogens with one attached hydrogen (secondary N) is 2. The Morgan fingerprint density at radius 2 is 2.10 bits per heavy atom. The quantitative estimate of drug-likeness (QED) is 0.547. The molecule has 4 N–H and O–H groups in total. The number of nitrogens with two attached hydrogens (primary N) is 1. The van der Waals surface area contributed by atoms with Crippen LogP contribution in [0.25, 0.3) is 5.65 Å². The molecule has 3 aromatic rings. The van der Waals surface area contributed by atoms with Gasteiger partial charge in [-0.2, -0.15) is 5.10 Å². The third-order valence-corrected chi connectivity index (χ3v) is 5.71. The van der Waals surface area contributed by atoms with E-state index in [1.807, 2.05) is 12.1 Å². The van der Waals surface area contributed by atoms with Gasteiger partial charge in [-0.25, -0.2) is 18.3 Å². The Bertz CT molecular complexity index is 1060. The van der Waals surface area contributed by atoms with E-state index in [2.05, 4.69) is 36.6 Å². The molecular formula is C19H19BrF2N6O. The van der Waals surface area contributed by atoms with Gasteiger partial charge >= 0.3 is 0 Å². The number of rotatable bonds is 4. The number of fused-ring (bicyclic) bond motifs is 1. The van der Waals surface area contributed by atoms with Crippen molar-refractivity contribution in [2.45, 2.75) is 37.3 Å². The van der Waals surface area contributed by atoms with Crippen LogP contribution in [-0.4, -0.2) is 38.5 Å². The summed E-state index contributed by atoms with van der Waals surface area (Å²) in [5, 5.41) is 9.94. The molecule has 2 heterocycles. The van der Waals surface area contributed by atoms with Crippen molar-refractivity contribution in [2.24, 2.45) is 5.73 Å². The molecule has 1 aliphatic rings. The third-order valence-electron chi connectivity index (χ3n) is 5.02. The fourth-order valence-corrected chi connectivity index (χ4v) is 3.80. The van der Waals surface area contributed by atoms with Gasteiger partial charge in [-0.1, -0.05) is 12.1 Å². The summed E-state index contributed by atoms with van der Waals surface area (Å²) in [5.41, 5.74) is 6.94. The Morgan fingerprint density at radius 1 is 1.31 bits per heavy atom. The predicted octanol–water partition coefficient (Wildman–Crippen LogP) is 3.67. The van der Waals surface area contributed by atoms with Crippen molar-refractivity contribution >= 4 is 39.0 Å². The standard InChI is InChI=1S/C19H19BrF2N6O/c20-12-4-1-2-5-13(12)26-18(29)11-10-24-28-9-7-15(27-17(11)28)25-14-6-3-8-19(21,22)16(14)23/h1-2,4-5,7,9-10,14,16H,3,6,8,23H2,(H,25,27)(H,26,29)/t14-,16-/m1/s1. The Morgan fingerprint density at radius 3 is 2.90 bits per heavy atom. The second-order valence-corrected chi connectivity index (χ2v) is 7.86. The molecule has 1 aromatic carbocycles. The van der Waals surface area contributed by atoms with Crippen molar-refractivity contribution in [2.75, 3.05) is 10.6 Å². The SMILES string of the molecule is N[C@@H]1[C@H](Nc2ccn3ncc(C(=O)Nc4ccccc4Br)c3n2)CCCC1(F)F. The molecule has 0 bridgehead atoms. The summed E-state index contributed by atoms with van der Waals surface area (Å²) in [6, 6.07) is 6.95. The molecule has 10 heteroatoms. The van der Waals surface area contributed by atoms with Crippen LogP contribution in [-0.2, 0) is 0 Å². The number of benzene rings is 1. The normalized spacial score (nSPS) is 21.1. The fraction of sp³-hybridized carbons (Fsp3) is 0.316. The second-order valence-electron chi connectivity index (χ2n) is 7.00. The number of alkyl halides is 2. The molecule has 1 fully saturated rings. The van der Waals surface area contributed by atoms with Crippen molar-refractivity contribution in [1.82, 2.24) is 14.6 Å². The Kier molecular flexibility index (Phi) is 5.22. The van der Waals surface area contributed by atoms with Crippen molar-refractivity contribution in [3.05, 3.63) is 52.8 Å². The van der Waals surface area contributed by atoms with Crippen LogP contribution in [0.5, 0.6) is 0 Å². The molecule has 29 heavy (non-hydrogen) atoms. The average molecular weight is 465 g/mol. The first-order valence-corrected chi connectivity index (χ1v) is 9.95. The number of carbonyl (C=O) groups excluding carboxylic acids is 1. The summed E-state index contributed by atoms with van der Waals surface area (Å²) in [7, 11) is 0. The molecule has 0 radical (unpaired) electrons. The number of amides is 1. The van der Waals surface area contributed by atoms with Gasteiger partial charge in [0.1, 0.15) is 11.4 Å². The van der Waals surface area contributed by atoms with Gasteiger partial charge in [0.05, 0.1) is 17.9 Å². The minimum atomic E-state index is -2.91. The molecular weight excluding hydrogens is 446 g/mol. The number of aromatic nitrogens is 3. The number of para-hydroxylation sites is 1. The molecule has 4 rings (SSSR count). The zero-order chi connectivity index (χ0) is 20.6. The largest absolute Gasteiger partial charge is 0.365 e. The van der Waals surface area contributed by atoms with Gasteiger partial charge < -0.3 is 16.4 Å². The van der Waals surface area contributed by atoms with Gasteiger partial charge in [-0.15, -0.1) is 0 Å². The number of hydrogen-bond acceptors (Lipinski definition) is 5. The number of halogens is 3. The van der Waals surface area contributed by atoms with Crippen LogP contribution in [0.4, 0.5) is 20.3 Å². The van der Waals surface area contributed by atoms with E-state index in [0.29, 0.717) is 30.0 Å². The lowest BCUT2D eigenvalue weighted by molar-refractivity contribution is -0.0554. The summed E-state index contributed by atoms with van der Waals surface area (Å²) in [6.45, 7) is 0. The molecule has 0 spiro atoms. The number of carbonyl (C=O) groups is 1. The van der Waals surface area contributed by atoms with Gasteiger partial charge in [-0.3, -0.25) is 4.79 Å². The van der Waals surface area contributed by atoms with Gasteiger partial charge in [0, 0.05) is 23.1 Å². The molecule has 0 aliphatic heterocycles. The Labute approximate surface area is 173 Å². The minimum absolute atomic E-state index is 0.208. The highest BCUT2D eigenvalue weighted by molar-refractivity contribution is 9.10. The summed E-state index contributed by atoms with van der Waals surface area (Å²) in [4.78, 5) is 17.1. The van der Waals surface area contributed by atoms with Crippen molar-refractivity contribution in [1.29, 1.82) is 0 Å². The van der Waals surface area contributed by atoms with Crippen LogP contribution in [0.2, 0.25) is 0 Å². The maximum absolute atomic E-state index is 13.9. The lowest BCUT2D eigenvalue weighted by Gasteiger charge is -2.36. The zero-order valence-electron chi connectivity index (χ0n) is 15.3. The highest BCUT2D eigenvalue weighted by Crippen LogP contribution is 2.33. The molecule has 1 saturated carbocycles. The molecule has 1 amide bonds. The van der Waals surface area contributed by atoms with Gasteiger partial charge in [0.15, 0.2) is 5.65 Å². The average Bonchev–Trinajstić information content (AvgIpc) is 3.11. The highest BCUT2D eigenvalue weighted by Gasteiger charge is 2.44. The van der Waals surface area contributed by atoms with E-state index in [-0.39, 0.29) is 17.9 Å². The first-order chi connectivity index (χ1) is 13.8. The molecule has 152 valence electrons. The molecule has 0 saturated heterocycles. The highest BCUT2D eigenvalue weighted by atomic mass is 79.9. The Hall–Kier alpha value is -2.59. The monoisotopic (exact) mass is 464 g/mol. The van der Waals surface area contributed by atoms with Crippen LogP contribution in [0, 0.1) is 0 Å². The maximum atomic E-state index is 13.9. The van der Waals surface area contributed by atoms with Gasteiger partial charge in [0.25, 0.3) is 11.8 Å². The summed E-state index contributed by atoms with van der Waals surface area (Å²) in [6.07, 6.45) is 3.73. The van der Waals surface area contributed by atoms with E-state index in [0.717, 1.165) is 4.47 Å². The minimum Gasteiger partial charge on any atom is -0.365 e. The zero-order valence-corrected chi connectivity index (χ0v) is 16.9. The van der Waals surface area contributed by atoms with Crippen LogP contribution < -0.4 is 16.4 Å². The first-order valence-electron chi connectivity index (χ1n) is 9.15. The molecule has 2 aromatic heterocycles. The van der Waals surface area contributed by atoms with E-state index < -0.39 is 18.0 Å². The lowest BCUT2D eigenvalue weighted by atomic mass is 9.87. The second kappa shape index (κ2) is 7.68. The van der Waals surface area contributed by atoms with Crippen LogP contribution in [0.1, 0.15) is 29.6 Å². The van der Waals surface area contributed by atoms with E-state index in [9.17, 15) is 13.6 Å². The van der Waals surface area contributed by atoms with E-state index >= 15 is 0 Å². The van der Waals surface area contributed by atoms with Crippen molar-refractivity contribution < 1.29 is 13.6 Å². The number of nitrogens with zero attached hydrogens (tertiary/aromatic N) is 3. The van der Waals surface area contributed by atoms with Crippen LogP contribution in [0.15, 0.2) is 47.2 Å². The fourth-order valence-electron chi connectivity index (χ4n) is 3.41. The molecule has 0 unspecified atom stereocenters. The van der Waals surface area contributed by atoms with E-state index in [1.54, 1.807) is 24.4 Å². The summed E-state index contributed by atoms with van der Waals surface area (Å²) >= 11 is 3.39. The summed E-state index contributed by atoms with van der Waals surface area (Å²) < 4.78 is 30.0. The van der Waals surface area contributed by atoms with E-state index in [4.69, 9.17) is 5.73 Å². The van der Waals surface area contributed by atoms with Crippen LogP contribution >= 0.6 is 15.9 Å². The van der Waals surface area contributed by atoms with Crippen molar-refractivity contribution in [3.8, 4) is 0 Å². The van der Waals surface area contributed by atoms with E-state index in [1.165, 1.54) is 10.7 Å². The first kappa shape index (κ1) is 19.7. The molecule has 1 aliphatic carbocycles.